The number of carbonyl (C=O) groups is 8. The van der Waals surface area contributed by atoms with Gasteiger partial charge in [0.1, 0.15) is 36.3 Å². The van der Waals surface area contributed by atoms with Gasteiger partial charge in [-0.2, -0.15) is 0 Å². The number of aliphatic hydroxyl groups excluding tert-OH is 1. The first kappa shape index (κ1) is 55.0. The minimum absolute atomic E-state index is 0.0437. The highest BCUT2D eigenvalue weighted by molar-refractivity contribution is 5.96. The van der Waals surface area contributed by atoms with Crippen molar-refractivity contribution in [3.05, 3.63) is 90.0 Å². The van der Waals surface area contributed by atoms with E-state index in [-0.39, 0.29) is 50.5 Å². The summed E-state index contributed by atoms with van der Waals surface area (Å²) in [6.45, 7) is 12.5. The molecule has 1 aliphatic rings. The van der Waals surface area contributed by atoms with Crippen LogP contribution in [0.15, 0.2) is 73.2 Å². The van der Waals surface area contributed by atoms with Gasteiger partial charge >= 0.3 is 0 Å². The summed E-state index contributed by atoms with van der Waals surface area (Å²) in [5.74, 6) is -5.33. The molecular formula is C50H72N10O9. The number of primary amides is 1. The lowest BCUT2D eigenvalue weighted by atomic mass is 9.95. The largest absolute Gasteiger partial charge is 0.390 e. The van der Waals surface area contributed by atoms with Crippen LogP contribution in [0, 0.1) is 17.8 Å². The van der Waals surface area contributed by atoms with E-state index in [2.05, 4.69) is 41.9 Å². The molecule has 10 N–H and O–H groups in total. The first-order valence-electron chi connectivity index (χ1n) is 23.8. The van der Waals surface area contributed by atoms with Crippen molar-refractivity contribution < 1.29 is 43.5 Å². The number of aromatic nitrogens is 2. The third-order valence-electron chi connectivity index (χ3n) is 11.9. The number of aliphatic hydroxyl groups is 1. The van der Waals surface area contributed by atoms with Gasteiger partial charge in [-0.05, 0) is 54.6 Å². The molecule has 2 heterocycles. The Balaban J connectivity index is 1.47. The van der Waals surface area contributed by atoms with Crippen molar-refractivity contribution >= 4 is 47.3 Å². The summed E-state index contributed by atoms with van der Waals surface area (Å²) in [6, 6.07) is 10.7. The monoisotopic (exact) mass is 957 g/mol. The predicted molar refractivity (Wildman–Crippen MR) is 258 cm³/mol. The minimum Gasteiger partial charge on any atom is -0.390 e. The Hall–Kier alpha value is -6.63. The summed E-state index contributed by atoms with van der Waals surface area (Å²) in [5.41, 5.74) is 7.76. The fourth-order valence-electron chi connectivity index (χ4n) is 8.41. The Labute approximate surface area is 404 Å². The first-order chi connectivity index (χ1) is 32.7. The molecule has 2 aromatic carbocycles. The standard InChI is InChI=1S/C50H72N10O9/c1-29(2)21-36(42(62)26-43(63)55-38(22-30(3)4)46(65)57-37(45(51)64)23-33-15-10-8-11-16-33)56-49(68)44(31(5)6)59-47(66)39(24-34-17-12-9-13-18-34)58-48(67)41-19-14-20-60(41)50(69)40(54-32(7)61)25-35-27-52-28-53-35/h8-13,15-18,27-31,36-42,44,62H,14,19-26H2,1-7H3,(H2,51,64)(H,52,53)(H,54,61)(H,55,63)(H,56,68)(H,57,65)(H,58,67)(H,59,66)/t36-,37-,38-,39-,40-,41-,42-,44-/m0/s1. The minimum atomic E-state index is -1.41. The molecule has 376 valence electrons. The summed E-state index contributed by atoms with van der Waals surface area (Å²) in [4.78, 5) is 116. The highest BCUT2D eigenvalue weighted by Gasteiger charge is 2.40. The zero-order valence-corrected chi connectivity index (χ0v) is 40.8. The van der Waals surface area contributed by atoms with Gasteiger partial charge in [0.05, 0.1) is 24.9 Å². The van der Waals surface area contributed by atoms with E-state index in [1.165, 1.54) is 18.2 Å². The molecule has 0 bridgehead atoms. The number of H-pyrrole nitrogens is 1. The molecule has 0 aliphatic carbocycles. The van der Waals surface area contributed by atoms with Crippen molar-refractivity contribution in [2.75, 3.05) is 6.54 Å². The number of hydrogen-bond donors (Lipinski definition) is 9. The summed E-state index contributed by atoms with van der Waals surface area (Å²) in [5, 5.41) is 28.1. The number of rotatable bonds is 26. The van der Waals surface area contributed by atoms with Gasteiger partial charge in [-0.15, -0.1) is 0 Å². The van der Waals surface area contributed by atoms with Crippen LogP contribution in [0.3, 0.4) is 0 Å². The summed E-state index contributed by atoms with van der Waals surface area (Å²) in [7, 11) is 0. The van der Waals surface area contributed by atoms with Crippen LogP contribution in [0.25, 0.3) is 0 Å². The number of benzene rings is 2. The van der Waals surface area contributed by atoms with Crippen LogP contribution in [0.2, 0.25) is 0 Å². The molecule has 0 unspecified atom stereocenters. The van der Waals surface area contributed by atoms with Gasteiger partial charge in [0.25, 0.3) is 0 Å². The zero-order chi connectivity index (χ0) is 50.8. The van der Waals surface area contributed by atoms with Crippen molar-refractivity contribution in [1.82, 2.24) is 46.8 Å². The number of nitrogens with two attached hydrogens (primary N) is 1. The van der Waals surface area contributed by atoms with E-state index in [9.17, 15) is 43.5 Å². The predicted octanol–water partition coefficient (Wildman–Crippen LogP) is 1.34. The number of aromatic amines is 1. The second-order valence-corrected chi connectivity index (χ2v) is 19.1. The quantitative estimate of drug-likeness (QED) is 0.0557. The molecule has 19 nitrogen and oxygen atoms in total. The summed E-state index contributed by atoms with van der Waals surface area (Å²) >= 11 is 0. The molecule has 0 radical (unpaired) electrons. The molecule has 1 aromatic heterocycles. The van der Waals surface area contributed by atoms with Gasteiger partial charge in [0, 0.05) is 44.6 Å². The van der Waals surface area contributed by atoms with Gasteiger partial charge in [-0.25, -0.2) is 4.98 Å². The van der Waals surface area contributed by atoms with Crippen molar-refractivity contribution in [2.45, 2.75) is 148 Å². The third-order valence-corrected chi connectivity index (χ3v) is 11.9. The van der Waals surface area contributed by atoms with Crippen LogP contribution >= 0.6 is 0 Å². The molecule has 1 fully saturated rings. The van der Waals surface area contributed by atoms with E-state index in [0.717, 1.165) is 11.1 Å². The fraction of sp³-hybridized carbons (Fsp3) is 0.540. The second kappa shape index (κ2) is 26.8. The smallest absolute Gasteiger partial charge is 0.246 e. The number of hydrogen-bond acceptors (Lipinski definition) is 10. The van der Waals surface area contributed by atoms with Crippen molar-refractivity contribution in [3.63, 3.8) is 0 Å². The van der Waals surface area contributed by atoms with Crippen molar-refractivity contribution in [1.29, 1.82) is 0 Å². The van der Waals surface area contributed by atoms with Crippen molar-refractivity contribution in [3.8, 4) is 0 Å². The number of nitrogens with zero attached hydrogens (tertiary/aromatic N) is 2. The average molecular weight is 957 g/mol. The second-order valence-electron chi connectivity index (χ2n) is 19.1. The molecule has 0 spiro atoms. The van der Waals surface area contributed by atoms with Crippen LogP contribution in [-0.4, -0.2) is 122 Å². The number of imidazole rings is 1. The van der Waals surface area contributed by atoms with Crippen LogP contribution in [0.5, 0.6) is 0 Å². The summed E-state index contributed by atoms with van der Waals surface area (Å²) < 4.78 is 0. The average Bonchev–Trinajstić information content (AvgIpc) is 4.00. The normalized spacial score (nSPS) is 16.6. The highest BCUT2D eigenvalue weighted by Crippen LogP contribution is 2.21. The van der Waals surface area contributed by atoms with Gasteiger partial charge in [-0.3, -0.25) is 38.4 Å². The number of amides is 8. The van der Waals surface area contributed by atoms with Crippen LogP contribution in [0.1, 0.15) is 97.4 Å². The van der Waals surface area contributed by atoms with Crippen LogP contribution in [-0.2, 0) is 57.6 Å². The van der Waals surface area contributed by atoms with Gasteiger partial charge < -0.3 is 52.6 Å². The molecule has 0 saturated carbocycles. The molecule has 4 rings (SSSR count). The molecule has 1 saturated heterocycles. The van der Waals surface area contributed by atoms with E-state index in [1.807, 2.05) is 39.8 Å². The lowest BCUT2D eigenvalue weighted by Crippen LogP contribution is -2.60. The van der Waals surface area contributed by atoms with E-state index in [1.54, 1.807) is 68.6 Å². The Morgan fingerprint density at radius 2 is 1.30 bits per heavy atom. The number of nitrogens with one attached hydrogen (secondary N) is 7. The topological polar surface area (TPSA) is 287 Å². The number of carbonyl (C=O) groups excluding carboxylic acids is 8. The van der Waals surface area contributed by atoms with Crippen LogP contribution in [0.4, 0.5) is 0 Å². The fourth-order valence-corrected chi connectivity index (χ4v) is 8.41. The highest BCUT2D eigenvalue weighted by atomic mass is 16.3. The lowest BCUT2D eigenvalue weighted by Gasteiger charge is -2.31. The van der Waals surface area contributed by atoms with Crippen molar-refractivity contribution in [2.24, 2.45) is 23.5 Å². The Morgan fingerprint density at radius 3 is 1.84 bits per heavy atom. The lowest BCUT2D eigenvalue weighted by molar-refractivity contribution is -0.142. The SMILES string of the molecule is CC(=O)N[C@@H](Cc1cnc[nH]1)C(=O)N1CCC[C@H]1C(=O)N[C@@H](Cc1ccccc1)C(=O)N[C@H](C(=O)N[C@@H](CC(C)C)[C@@H](O)CC(=O)N[C@@H](CC(C)C)C(=O)N[C@@H](Cc1ccccc1)C(N)=O)C(C)C. The van der Waals surface area contributed by atoms with Crippen LogP contribution < -0.4 is 37.6 Å². The van der Waals surface area contributed by atoms with Gasteiger partial charge in [0.15, 0.2) is 0 Å². The first-order valence-corrected chi connectivity index (χ1v) is 23.8. The molecule has 19 heteroatoms. The third kappa shape index (κ3) is 17.8. The van der Waals surface area contributed by atoms with Gasteiger partial charge in [0.2, 0.25) is 47.3 Å². The zero-order valence-electron chi connectivity index (χ0n) is 40.8. The Kier molecular flexibility index (Phi) is 21.3. The van der Waals surface area contributed by atoms with E-state index >= 15 is 0 Å². The van der Waals surface area contributed by atoms with Gasteiger partial charge in [-0.1, -0.05) is 102 Å². The maximum atomic E-state index is 14.3. The molecule has 8 atom stereocenters. The van der Waals surface area contributed by atoms with E-state index in [4.69, 9.17) is 5.73 Å². The molecule has 3 aromatic rings. The Bertz CT molecular complexity index is 2170. The molecule has 1 aliphatic heterocycles. The van der Waals surface area contributed by atoms with E-state index in [0.29, 0.717) is 18.5 Å². The molecular weight excluding hydrogens is 885 g/mol. The maximum Gasteiger partial charge on any atom is 0.246 e. The molecule has 69 heavy (non-hydrogen) atoms. The Morgan fingerprint density at radius 1 is 0.710 bits per heavy atom. The number of likely N-dealkylation sites (tertiary alicyclic amines) is 1. The maximum absolute atomic E-state index is 14.3. The van der Waals surface area contributed by atoms with E-state index < -0.39 is 108 Å². The summed E-state index contributed by atoms with van der Waals surface area (Å²) in [6.07, 6.45) is 2.74. The molecule has 8 amide bonds.